The molecule has 0 saturated carbocycles. The summed E-state index contributed by atoms with van der Waals surface area (Å²) in [6.07, 6.45) is 0. The fraction of sp³-hybridized carbons (Fsp3) is 0.200. The minimum atomic E-state index is 0.693. The summed E-state index contributed by atoms with van der Waals surface area (Å²) in [5.41, 5.74) is 3.05. The summed E-state index contributed by atoms with van der Waals surface area (Å²) in [4.78, 5) is 0. The molecule has 0 aliphatic heterocycles. The number of alkyl halides is 1. The molecule has 2 aromatic rings. The van der Waals surface area contributed by atoms with Crippen molar-refractivity contribution in [1.82, 2.24) is 0 Å². The molecule has 0 aliphatic rings. The lowest BCUT2D eigenvalue weighted by atomic mass is 10.1. The van der Waals surface area contributed by atoms with Crippen LogP contribution in [0.2, 0.25) is 10.0 Å². The Hall–Kier alpha value is -0.700. The van der Waals surface area contributed by atoms with E-state index in [4.69, 9.17) is 27.9 Å². The normalized spacial score (nSPS) is 10.6. The molecule has 0 fully saturated rings. The van der Waals surface area contributed by atoms with Crippen LogP contribution >= 0.6 is 39.1 Å². The highest BCUT2D eigenvalue weighted by Gasteiger charge is 2.08. The lowest BCUT2D eigenvalue weighted by Crippen LogP contribution is -1.92. The van der Waals surface area contributed by atoms with Gasteiger partial charge in [0.15, 0.2) is 0 Å². The second-order valence-electron chi connectivity index (χ2n) is 4.36. The fourth-order valence-corrected chi connectivity index (χ4v) is 3.09. The first-order chi connectivity index (χ1) is 9.01. The Bertz CT molecular complexity index is 588. The van der Waals surface area contributed by atoms with Gasteiger partial charge in [0.25, 0.3) is 0 Å². The minimum absolute atomic E-state index is 0.693. The van der Waals surface area contributed by atoms with Crippen LogP contribution < -0.4 is 4.74 Å². The van der Waals surface area contributed by atoms with E-state index < -0.39 is 0 Å². The average molecular weight is 360 g/mol. The Labute approximate surface area is 131 Å². The molecule has 0 amide bonds. The van der Waals surface area contributed by atoms with E-state index in [1.165, 1.54) is 0 Å². The lowest BCUT2D eigenvalue weighted by Gasteiger charge is -2.13. The van der Waals surface area contributed by atoms with Crippen molar-refractivity contribution in [3.63, 3.8) is 0 Å². The maximum absolute atomic E-state index is 6.17. The van der Waals surface area contributed by atoms with Gasteiger partial charge < -0.3 is 4.74 Å². The second kappa shape index (κ2) is 6.17. The van der Waals surface area contributed by atoms with Crippen molar-refractivity contribution in [3.05, 3.63) is 57.1 Å². The van der Waals surface area contributed by atoms with Crippen molar-refractivity contribution < 1.29 is 4.74 Å². The van der Waals surface area contributed by atoms with E-state index in [0.717, 1.165) is 38.5 Å². The molecule has 0 radical (unpaired) electrons. The number of benzene rings is 2. The van der Waals surface area contributed by atoms with Gasteiger partial charge in [-0.25, -0.2) is 0 Å². The zero-order valence-electron chi connectivity index (χ0n) is 10.6. The molecule has 0 spiro atoms. The van der Waals surface area contributed by atoms with Crippen LogP contribution in [0.1, 0.15) is 16.7 Å². The first-order valence-electron chi connectivity index (χ1n) is 5.80. The summed E-state index contributed by atoms with van der Waals surface area (Å²) >= 11 is 15.6. The fourth-order valence-electron chi connectivity index (χ4n) is 1.88. The van der Waals surface area contributed by atoms with Crippen LogP contribution in [0.4, 0.5) is 0 Å². The van der Waals surface area contributed by atoms with Crippen LogP contribution in [-0.2, 0) is 5.33 Å². The summed E-state index contributed by atoms with van der Waals surface area (Å²) in [6, 6.07) is 9.46. The van der Waals surface area contributed by atoms with E-state index in [1.807, 2.05) is 44.2 Å². The van der Waals surface area contributed by atoms with Crippen molar-refractivity contribution in [3.8, 4) is 11.5 Å². The van der Waals surface area contributed by atoms with E-state index in [1.54, 1.807) is 0 Å². The van der Waals surface area contributed by atoms with E-state index in [9.17, 15) is 0 Å². The first-order valence-corrected chi connectivity index (χ1v) is 7.68. The summed E-state index contributed by atoms with van der Waals surface area (Å²) in [6.45, 7) is 3.95. The van der Waals surface area contributed by atoms with E-state index in [-0.39, 0.29) is 0 Å². The largest absolute Gasteiger partial charge is 0.457 e. The predicted molar refractivity (Wildman–Crippen MR) is 85.1 cm³/mol. The summed E-state index contributed by atoms with van der Waals surface area (Å²) in [5, 5.41) is 2.14. The topological polar surface area (TPSA) is 9.23 Å². The van der Waals surface area contributed by atoms with Gasteiger partial charge >= 0.3 is 0 Å². The van der Waals surface area contributed by atoms with Gasteiger partial charge in [-0.15, -0.1) is 0 Å². The third kappa shape index (κ3) is 3.44. The lowest BCUT2D eigenvalue weighted by molar-refractivity contribution is 0.475. The zero-order chi connectivity index (χ0) is 14.0. The highest BCUT2D eigenvalue weighted by atomic mass is 79.9. The SMILES string of the molecule is Cc1cc(Cl)cc(C)c1Oc1ccc(CBr)c(Cl)c1. The predicted octanol–water partition coefficient (Wildman–Crippen LogP) is 6.30. The van der Waals surface area contributed by atoms with Crippen LogP contribution in [-0.4, -0.2) is 0 Å². The van der Waals surface area contributed by atoms with Crippen LogP contribution in [0.5, 0.6) is 11.5 Å². The Morgan fingerprint density at radius 1 is 1.05 bits per heavy atom. The average Bonchev–Trinajstić information content (AvgIpc) is 2.34. The van der Waals surface area contributed by atoms with Gasteiger partial charge in [-0.05, 0) is 54.8 Å². The molecular formula is C15H13BrCl2O. The van der Waals surface area contributed by atoms with Gasteiger partial charge in [0.1, 0.15) is 11.5 Å². The Balaban J connectivity index is 2.34. The summed E-state index contributed by atoms with van der Waals surface area (Å²) in [5.74, 6) is 1.55. The molecule has 2 aromatic carbocycles. The van der Waals surface area contributed by atoms with Gasteiger partial charge in [-0.1, -0.05) is 45.2 Å². The van der Waals surface area contributed by atoms with Gasteiger partial charge in [0, 0.05) is 15.4 Å². The van der Waals surface area contributed by atoms with Gasteiger partial charge in [0.05, 0.1) is 0 Å². The molecule has 2 rings (SSSR count). The van der Waals surface area contributed by atoms with Crippen LogP contribution in [0, 0.1) is 13.8 Å². The molecule has 0 atom stereocenters. The number of halogens is 3. The maximum Gasteiger partial charge on any atom is 0.133 e. The van der Waals surface area contributed by atoms with E-state index in [0.29, 0.717) is 5.02 Å². The van der Waals surface area contributed by atoms with Crippen molar-refractivity contribution in [2.45, 2.75) is 19.2 Å². The van der Waals surface area contributed by atoms with Gasteiger partial charge in [-0.2, -0.15) is 0 Å². The molecule has 0 aliphatic carbocycles. The molecule has 19 heavy (non-hydrogen) atoms. The molecular weight excluding hydrogens is 347 g/mol. The van der Waals surface area contributed by atoms with Crippen molar-refractivity contribution in [2.75, 3.05) is 0 Å². The second-order valence-corrected chi connectivity index (χ2v) is 5.76. The summed E-state index contributed by atoms with van der Waals surface area (Å²) in [7, 11) is 0. The van der Waals surface area contributed by atoms with Crippen molar-refractivity contribution in [2.24, 2.45) is 0 Å². The van der Waals surface area contributed by atoms with Crippen molar-refractivity contribution >= 4 is 39.1 Å². The highest BCUT2D eigenvalue weighted by Crippen LogP contribution is 2.33. The Morgan fingerprint density at radius 2 is 1.68 bits per heavy atom. The van der Waals surface area contributed by atoms with E-state index >= 15 is 0 Å². The molecule has 0 unspecified atom stereocenters. The molecule has 0 saturated heterocycles. The third-order valence-corrected chi connectivity index (χ3v) is 3.99. The molecule has 0 bridgehead atoms. The zero-order valence-corrected chi connectivity index (χ0v) is 13.7. The molecule has 4 heteroatoms. The van der Waals surface area contributed by atoms with E-state index in [2.05, 4.69) is 15.9 Å². The number of aryl methyl sites for hydroxylation is 2. The Morgan fingerprint density at radius 3 is 2.21 bits per heavy atom. The summed E-state index contributed by atoms with van der Waals surface area (Å²) < 4.78 is 5.92. The quantitative estimate of drug-likeness (QED) is 0.584. The van der Waals surface area contributed by atoms with Crippen LogP contribution in [0.25, 0.3) is 0 Å². The van der Waals surface area contributed by atoms with Crippen LogP contribution in [0.15, 0.2) is 30.3 Å². The third-order valence-electron chi connectivity index (χ3n) is 2.81. The first kappa shape index (κ1) is 14.7. The minimum Gasteiger partial charge on any atom is -0.457 e. The van der Waals surface area contributed by atoms with Gasteiger partial charge in [0.2, 0.25) is 0 Å². The Kier molecular flexibility index (Phi) is 4.77. The molecule has 1 nitrogen and oxygen atoms in total. The van der Waals surface area contributed by atoms with Crippen LogP contribution in [0.3, 0.4) is 0 Å². The maximum atomic E-state index is 6.17. The van der Waals surface area contributed by atoms with Gasteiger partial charge in [-0.3, -0.25) is 0 Å². The number of hydrogen-bond donors (Lipinski definition) is 0. The monoisotopic (exact) mass is 358 g/mol. The van der Waals surface area contributed by atoms with Crippen molar-refractivity contribution in [1.29, 1.82) is 0 Å². The standard InChI is InChI=1S/C15H13BrCl2O/c1-9-5-12(17)6-10(2)15(9)19-13-4-3-11(8-16)14(18)7-13/h3-7H,8H2,1-2H3. The smallest absolute Gasteiger partial charge is 0.133 e. The molecule has 0 aromatic heterocycles. The number of hydrogen-bond acceptors (Lipinski definition) is 1. The number of ether oxygens (including phenoxy) is 1. The highest BCUT2D eigenvalue weighted by molar-refractivity contribution is 9.08. The number of rotatable bonds is 3. The molecule has 0 N–H and O–H groups in total. The molecule has 0 heterocycles. The molecule has 100 valence electrons.